The van der Waals surface area contributed by atoms with Gasteiger partial charge in [-0.3, -0.25) is 9.10 Å². The molecule has 3 aromatic rings. The molecule has 3 aromatic carbocycles. The zero-order valence-corrected chi connectivity index (χ0v) is 18.4. The molecule has 31 heavy (non-hydrogen) atoms. The maximum atomic E-state index is 13.2. The van der Waals surface area contributed by atoms with Gasteiger partial charge in [-0.05, 0) is 50.2 Å². The fourth-order valence-electron chi connectivity index (χ4n) is 2.93. The Kier molecular flexibility index (Phi) is 7.31. The van der Waals surface area contributed by atoms with Gasteiger partial charge in [-0.2, -0.15) is 0 Å². The lowest BCUT2D eigenvalue weighted by atomic mass is 10.2. The van der Waals surface area contributed by atoms with E-state index in [-0.39, 0.29) is 24.6 Å². The molecule has 0 saturated carbocycles. The number of rotatable bonds is 9. The largest absolute Gasteiger partial charge is 0.492 e. The molecule has 1 N–H and O–H groups in total. The Morgan fingerprint density at radius 1 is 0.871 bits per heavy atom. The van der Waals surface area contributed by atoms with Crippen LogP contribution in [0.4, 0.5) is 5.69 Å². The molecule has 0 aromatic heterocycles. The molecule has 3 rings (SSSR count). The van der Waals surface area contributed by atoms with Crippen LogP contribution in [0.5, 0.6) is 5.75 Å². The minimum atomic E-state index is -3.90. The lowest BCUT2D eigenvalue weighted by Crippen LogP contribution is -2.41. The molecule has 0 atom stereocenters. The number of sulfonamides is 1. The zero-order chi connectivity index (χ0) is 22.3. The van der Waals surface area contributed by atoms with Gasteiger partial charge in [0.25, 0.3) is 10.0 Å². The summed E-state index contributed by atoms with van der Waals surface area (Å²) in [5.41, 5.74) is 2.52. The van der Waals surface area contributed by atoms with E-state index in [9.17, 15) is 13.2 Å². The predicted octanol–water partition coefficient (Wildman–Crippen LogP) is 3.69. The molecular formula is C24H26N2O4S. The Balaban J connectivity index is 1.66. The van der Waals surface area contributed by atoms with Crippen LogP contribution in [0.2, 0.25) is 0 Å². The van der Waals surface area contributed by atoms with Crippen LogP contribution in [0.15, 0.2) is 83.8 Å². The maximum Gasteiger partial charge on any atom is 0.264 e. The third kappa shape index (κ3) is 6.08. The normalized spacial score (nSPS) is 11.0. The highest BCUT2D eigenvalue weighted by Crippen LogP contribution is 2.23. The van der Waals surface area contributed by atoms with Gasteiger partial charge in [0.2, 0.25) is 5.91 Å². The van der Waals surface area contributed by atoms with Gasteiger partial charge in [-0.15, -0.1) is 0 Å². The molecule has 0 heterocycles. The van der Waals surface area contributed by atoms with Crippen LogP contribution in [-0.2, 0) is 14.8 Å². The summed E-state index contributed by atoms with van der Waals surface area (Å²) in [6.45, 7) is 4.10. The monoisotopic (exact) mass is 438 g/mol. The highest BCUT2D eigenvalue weighted by atomic mass is 32.2. The van der Waals surface area contributed by atoms with Crippen LogP contribution >= 0.6 is 0 Å². The molecule has 162 valence electrons. The number of nitrogens with zero attached hydrogens (tertiary/aromatic N) is 1. The van der Waals surface area contributed by atoms with Gasteiger partial charge in [-0.25, -0.2) is 8.42 Å². The number of amides is 1. The molecule has 0 radical (unpaired) electrons. The van der Waals surface area contributed by atoms with Crippen LogP contribution in [-0.4, -0.2) is 34.0 Å². The molecule has 6 nitrogen and oxygen atoms in total. The zero-order valence-electron chi connectivity index (χ0n) is 17.6. The van der Waals surface area contributed by atoms with E-state index >= 15 is 0 Å². The Bertz CT molecular complexity index is 1100. The first-order chi connectivity index (χ1) is 14.9. The number of nitrogens with one attached hydrogen (secondary N) is 1. The summed E-state index contributed by atoms with van der Waals surface area (Å²) >= 11 is 0. The summed E-state index contributed by atoms with van der Waals surface area (Å²) in [5, 5.41) is 2.73. The second-order valence-electron chi connectivity index (χ2n) is 7.17. The minimum Gasteiger partial charge on any atom is -0.492 e. The SMILES string of the molecule is Cc1ccc(OCCNC(=O)CN(c2ccccc2)S(=O)(=O)c2ccc(C)cc2)cc1. The number of anilines is 1. The number of aryl methyl sites for hydroxylation is 2. The lowest BCUT2D eigenvalue weighted by molar-refractivity contribution is -0.119. The van der Waals surface area contributed by atoms with Crippen molar-refractivity contribution < 1.29 is 17.9 Å². The first-order valence-electron chi connectivity index (χ1n) is 9.97. The van der Waals surface area contributed by atoms with Crippen molar-refractivity contribution in [2.75, 3.05) is 24.0 Å². The van der Waals surface area contributed by atoms with Gasteiger partial charge < -0.3 is 10.1 Å². The van der Waals surface area contributed by atoms with Crippen molar-refractivity contribution in [3.63, 3.8) is 0 Å². The number of benzene rings is 3. The van der Waals surface area contributed by atoms with Crippen molar-refractivity contribution >= 4 is 21.6 Å². The summed E-state index contributed by atoms with van der Waals surface area (Å²) in [6, 6.07) is 22.8. The Morgan fingerprint density at radius 2 is 1.45 bits per heavy atom. The predicted molar refractivity (Wildman–Crippen MR) is 122 cm³/mol. The van der Waals surface area contributed by atoms with Gasteiger partial charge in [-0.1, -0.05) is 53.6 Å². The van der Waals surface area contributed by atoms with E-state index in [2.05, 4.69) is 5.32 Å². The molecule has 0 fully saturated rings. The Hall–Kier alpha value is -3.32. The topological polar surface area (TPSA) is 75.7 Å². The van der Waals surface area contributed by atoms with E-state index < -0.39 is 15.9 Å². The highest BCUT2D eigenvalue weighted by molar-refractivity contribution is 7.92. The fraction of sp³-hybridized carbons (Fsp3) is 0.208. The standard InChI is InChI=1S/C24H26N2O4S/c1-19-8-12-22(13-9-19)30-17-16-25-24(27)18-26(21-6-4-3-5-7-21)31(28,29)23-14-10-20(2)11-15-23/h3-15H,16-18H2,1-2H3,(H,25,27). The molecule has 0 unspecified atom stereocenters. The molecule has 0 bridgehead atoms. The number of para-hydroxylation sites is 1. The molecule has 1 amide bonds. The van der Waals surface area contributed by atoms with Crippen molar-refractivity contribution in [3.05, 3.63) is 90.0 Å². The third-order valence-corrected chi connectivity index (χ3v) is 6.44. The van der Waals surface area contributed by atoms with E-state index in [1.54, 1.807) is 54.6 Å². The van der Waals surface area contributed by atoms with Crippen molar-refractivity contribution in [1.29, 1.82) is 0 Å². The van der Waals surface area contributed by atoms with Gasteiger partial charge >= 0.3 is 0 Å². The van der Waals surface area contributed by atoms with Crippen LogP contribution in [0.1, 0.15) is 11.1 Å². The van der Waals surface area contributed by atoms with Crippen molar-refractivity contribution in [2.45, 2.75) is 18.7 Å². The summed E-state index contributed by atoms with van der Waals surface area (Å²) in [7, 11) is -3.90. The summed E-state index contributed by atoms with van der Waals surface area (Å²) in [6.07, 6.45) is 0. The summed E-state index contributed by atoms with van der Waals surface area (Å²) in [5.74, 6) is 0.305. The number of hydrogen-bond donors (Lipinski definition) is 1. The van der Waals surface area contributed by atoms with E-state index in [1.807, 2.05) is 38.1 Å². The van der Waals surface area contributed by atoms with Crippen molar-refractivity contribution in [1.82, 2.24) is 5.32 Å². The first kappa shape index (κ1) is 22.4. The van der Waals surface area contributed by atoms with Gasteiger partial charge in [0, 0.05) is 0 Å². The second kappa shape index (κ2) is 10.1. The number of ether oxygens (including phenoxy) is 1. The highest BCUT2D eigenvalue weighted by Gasteiger charge is 2.26. The Labute approximate surface area is 183 Å². The van der Waals surface area contributed by atoms with E-state index in [0.29, 0.717) is 11.4 Å². The molecule has 7 heteroatoms. The summed E-state index contributed by atoms with van der Waals surface area (Å²) in [4.78, 5) is 12.7. The Morgan fingerprint density at radius 3 is 2.06 bits per heavy atom. The van der Waals surface area contributed by atoms with E-state index in [0.717, 1.165) is 15.4 Å². The number of carbonyl (C=O) groups excluding carboxylic acids is 1. The molecule has 0 aliphatic heterocycles. The molecule has 0 aliphatic carbocycles. The van der Waals surface area contributed by atoms with Crippen LogP contribution in [0.3, 0.4) is 0 Å². The van der Waals surface area contributed by atoms with Gasteiger partial charge in [0.05, 0.1) is 17.1 Å². The molecular weight excluding hydrogens is 412 g/mol. The number of hydrogen-bond acceptors (Lipinski definition) is 4. The first-order valence-corrected chi connectivity index (χ1v) is 11.4. The van der Waals surface area contributed by atoms with Crippen molar-refractivity contribution in [2.24, 2.45) is 0 Å². The van der Waals surface area contributed by atoms with Gasteiger partial charge in [0.15, 0.2) is 0 Å². The fourth-order valence-corrected chi connectivity index (χ4v) is 4.35. The quantitative estimate of drug-likeness (QED) is 0.517. The lowest BCUT2D eigenvalue weighted by Gasteiger charge is -2.24. The average molecular weight is 439 g/mol. The second-order valence-corrected chi connectivity index (χ2v) is 9.03. The average Bonchev–Trinajstić information content (AvgIpc) is 2.77. The van der Waals surface area contributed by atoms with Crippen LogP contribution < -0.4 is 14.4 Å². The summed E-state index contributed by atoms with van der Waals surface area (Å²) < 4.78 is 33.2. The van der Waals surface area contributed by atoms with Crippen molar-refractivity contribution in [3.8, 4) is 5.75 Å². The molecule has 0 spiro atoms. The molecule has 0 saturated heterocycles. The van der Waals surface area contributed by atoms with E-state index in [4.69, 9.17) is 4.74 Å². The third-order valence-electron chi connectivity index (χ3n) is 4.65. The van der Waals surface area contributed by atoms with Crippen LogP contribution in [0.25, 0.3) is 0 Å². The number of carbonyl (C=O) groups is 1. The van der Waals surface area contributed by atoms with E-state index in [1.165, 1.54) is 0 Å². The smallest absolute Gasteiger partial charge is 0.264 e. The molecule has 0 aliphatic rings. The van der Waals surface area contributed by atoms with Gasteiger partial charge in [0.1, 0.15) is 18.9 Å². The minimum absolute atomic E-state index is 0.137. The van der Waals surface area contributed by atoms with Crippen LogP contribution in [0, 0.1) is 13.8 Å². The maximum absolute atomic E-state index is 13.2.